The molecule has 0 amide bonds. The van der Waals surface area contributed by atoms with Gasteiger partial charge in [-0.25, -0.2) is 0 Å². The summed E-state index contributed by atoms with van der Waals surface area (Å²) in [4.78, 5) is 0. The SMILES string of the molecule is CC1CC1c1ccc(CNCc2cccc(Cn3cccn3)c2)o1. The van der Waals surface area contributed by atoms with Crippen molar-refractivity contribution in [1.29, 1.82) is 0 Å². The Labute approximate surface area is 142 Å². The number of nitrogens with one attached hydrogen (secondary N) is 1. The zero-order valence-electron chi connectivity index (χ0n) is 14.0. The van der Waals surface area contributed by atoms with Gasteiger partial charge in [0.05, 0.1) is 13.1 Å². The van der Waals surface area contributed by atoms with E-state index in [1.54, 1.807) is 0 Å². The van der Waals surface area contributed by atoms with Gasteiger partial charge in [-0.3, -0.25) is 4.68 Å². The lowest BCUT2D eigenvalue weighted by atomic mass is 10.1. The molecule has 4 heteroatoms. The second kappa shape index (κ2) is 6.65. The van der Waals surface area contributed by atoms with Crippen LogP contribution >= 0.6 is 0 Å². The highest BCUT2D eigenvalue weighted by Crippen LogP contribution is 2.47. The maximum atomic E-state index is 5.94. The molecule has 0 saturated heterocycles. The predicted octanol–water partition coefficient (Wildman–Crippen LogP) is 3.94. The van der Waals surface area contributed by atoms with Crippen LogP contribution in [-0.2, 0) is 19.6 Å². The topological polar surface area (TPSA) is 43.0 Å². The Kier molecular flexibility index (Phi) is 4.22. The number of aromatic nitrogens is 2. The number of nitrogens with zero attached hydrogens (tertiary/aromatic N) is 2. The first-order valence-electron chi connectivity index (χ1n) is 8.62. The Bertz CT molecular complexity index is 791. The first-order valence-corrected chi connectivity index (χ1v) is 8.62. The molecule has 0 aliphatic heterocycles. The fourth-order valence-corrected chi connectivity index (χ4v) is 3.16. The highest BCUT2D eigenvalue weighted by Gasteiger charge is 2.36. The Morgan fingerprint density at radius 3 is 2.83 bits per heavy atom. The van der Waals surface area contributed by atoms with E-state index < -0.39 is 0 Å². The van der Waals surface area contributed by atoms with E-state index in [2.05, 4.69) is 53.7 Å². The van der Waals surface area contributed by atoms with Crippen LogP contribution < -0.4 is 5.32 Å². The van der Waals surface area contributed by atoms with Gasteiger partial charge in [-0.15, -0.1) is 0 Å². The summed E-state index contributed by atoms with van der Waals surface area (Å²) in [5.74, 6) is 3.62. The van der Waals surface area contributed by atoms with Crippen LogP contribution in [-0.4, -0.2) is 9.78 Å². The molecule has 1 fully saturated rings. The molecule has 2 unspecified atom stereocenters. The van der Waals surface area contributed by atoms with E-state index in [-0.39, 0.29) is 0 Å². The lowest BCUT2D eigenvalue weighted by Crippen LogP contribution is -2.12. The zero-order valence-corrected chi connectivity index (χ0v) is 14.0. The summed E-state index contributed by atoms with van der Waals surface area (Å²) in [6, 6.07) is 14.8. The summed E-state index contributed by atoms with van der Waals surface area (Å²) in [6.07, 6.45) is 5.06. The molecule has 2 atom stereocenters. The van der Waals surface area contributed by atoms with Crippen molar-refractivity contribution in [3.05, 3.63) is 77.5 Å². The van der Waals surface area contributed by atoms with Gasteiger partial charge >= 0.3 is 0 Å². The maximum absolute atomic E-state index is 5.94. The van der Waals surface area contributed by atoms with Gasteiger partial charge < -0.3 is 9.73 Å². The third kappa shape index (κ3) is 3.60. The van der Waals surface area contributed by atoms with Gasteiger partial charge in [-0.2, -0.15) is 5.10 Å². The fourth-order valence-electron chi connectivity index (χ4n) is 3.16. The van der Waals surface area contributed by atoms with Crippen molar-refractivity contribution in [3.8, 4) is 0 Å². The van der Waals surface area contributed by atoms with Crippen molar-refractivity contribution < 1.29 is 4.42 Å². The van der Waals surface area contributed by atoms with Gasteiger partial charge in [0.25, 0.3) is 0 Å². The minimum absolute atomic E-state index is 0.651. The summed E-state index contributed by atoms with van der Waals surface area (Å²) in [5.41, 5.74) is 2.54. The van der Waals surface area contributed by atoms with Crippen LogP contribution in [0.2, 0.25) is 0 Å². The molecule has 124 valence electrons. The Morgan fingerprint density at radius 1 is 1.17 bits per heavy atom. The monoisotopic (exact) mass is 321 g/mol. The minimum atomic E-state index is 0.651. The average molecular weight is 321 g/mol. The van der Waals surface area contributed by atoms with Crippen molar-refractivity contribution in [3.63, 3.8) is 0 Å². The largest absolute Gasteiger partial charge is 0.464 e. The lowest BCUT2D eigenvalue weighted by molar-refractivity contribution is 0.444. The summed E-state index contributed by atoms with van der Waals surface area (Å²) < 4.78 is 7.88. The number of furan rings is 1. The van der Waals surface area contributed by atoms with E-state index >= 15 is 0 Å². The Balaban J connectivity index is 1.30. The number of hydrogen-bond donors (Lipinski definition) is 1. The number of rotatable bonds is 7. The van der Waals surface area contributed by atoms with E-state index in [1.165, 1.54) is 17.5 Å². The van der Waals surface area contributed by atoms with Gasteiger partial charge in [0.1, 0.15) is 11.5 Å². The van der Waals surface area contributed by atoms with E-state index in [0.29, 0.717) is 5.92 Å². The molecule has 1 aromatic carbocycles. The van der Waals surface area contributed by atoms with Gasteiger partial charge in [0.15, 0.2) is 0 Å². The second-order valence-electron chi connectivity index (χ2n) is 6.75. The molecule has 4 nitrogen and oxygen atoms in total. The standard InChI is InChI=1S/C20H23N3O/c1-15-10-19(15)20-7-6-18(24-20)13-21-12-16-4-2-5-17(11-16)14-23-9-3-8-22-23/h2-9,11,15,19,21H,10,12-14H2,1H3. The number of hydrogen-bond acceptors (Lipinski definition) is 3. The summed E-state index contributed by atoms with van der Waals surface area (Å²) >= 11 is 0. The highest BCUT2D eigenvalue weighted by molar-refractivity contribution is 5.24. The smallest absolute Gasteiger partial charge is 0.117 e. The van der Waals surface area contributed by atoms with Crippen LogP contribution in [0, 0.1) is 5.92 Å². The second-order valence-corrected chi connectivity index (χ2v) is 6.75. The zero-order chi connectivity index (χ0) is 16.4. The van der Waals surface area contributed by atoms with Crippen LogP contribution in [0.3, 0.4) is 0 Å². The lowest BCUT2D eigenvalue weighted by Gasteiger charge is -2.07. The van der Waals surface area contributed by atoms with E-state index in [0.717, 1.165) is 37.1 Å². The van der Waals surface area contributed by atoms with Gasteiger partial charge in [0.2, 0.25) is 0 Å². The molecule has 2 heterocycles. The molecule has 4 rings (SSSR count). The molecule has 0 radical (unpaired) electrons. The van der Waals surface area contributed by atoms with Crippen molar-refractivity contribution in [2.24, 2.45) is 5.92 Å². The van der Waals surface area contributed by atoms with E-state index in [9.17, 15) is 0 Å². The van der Waals surface area contributed by atoms with E-state index in [1.807, 2.05) is 23.1 Å². The molecule has 0 bridgehead atoms. The molecule has 0 spiro atoms. The van der Waals surface area contributed by atoms with Gasteiger partial charge in [-0.1, -0.05) is 31.2 Å². The molecule has 1 N–H and O–H groups in total. The van der Waals surface area contributed by atoms with Crippen molar-refractivity contribution in [2.45, 2.75) is 38.9 Å². The molecule has 1 aliphatic carbocycles. The van der Waals surface area contributed by atoms with Crippen molar-refractivity contribution >= 4 is 0 Å². The quantitative estimate of drug-likeness (QED) is 0.717. The molecule has 1 saturated carbocycles. The summed E-state index contributed by atoms with van der Waals surface area (Å²) in [7, 11) is 0. The van der Waals surface area contributed by atoms with Gasteiger partial charge in [0, 0.05) is 24.9 Å². The third-order valence-corrected chi connectivity index (χ3v) is 4.68. The average Bonchev–Trinajstić information content (AvgIpc) is 2.98. The molecule has 3 aromatic rings. The maximum Gasteiger partial charge on any atom is 0.117 e. The van der Waals surface area contributed by atoms with Crippen LogP contribution in [0.5, 0.6) is 0 Å². The normalized spacial score (nSPS) is 19.5. The van der Waals surface area contributed by atoms with E-state index in [4.69, 9.17) is 4.42 Å². The van der Waals surface area contributed by atoms with Crippen LogP contribution in [0.25, 0.3) is 0 Å². The highest BCUT2D eigenvalue weighted by atomic mass is 16.3. The molecule has 1 aliphatic rings. The van der Waals surface area contributed by atoms with Crippen LogP contribution in [0.4, 0.5) is 0 Å². The van der Waals surface area contributed by atoms with Crippen LogP contribution in [0.1, 0.15) is 41.9 Å². The summed E-state index contributed by atoms with van der Waals surface area (Å²) in [5, 5.41) is 7.73. The van der Waals surface area contributed by atoms with Gasteiger partial charge in [-0.05, 0) is 41.7 Å². The predicted molar refractivity (Wildman–Crippen MR) is 93.5 cm³/mol. The van der Waals surface area contributed by atoms with Crippen LogP contribution in [0.15, 0.2) is 59.3 Å². The van der Waals surface area contributed by atoms with Crippen molar-refractivity contribution in [2.75, 3.05) is 0 Å². The minimum Gasteiger partial charge on any atom is -0.464 e. The Morgan fingerprint density at radius 2 is 2.04 bits per heavy atom. The Hall–Kier alpha value is -2.33. The number of benzene rings is 1. The fraction of sp³-hybridized carbons (Fsp3) is 0.350. The molecular formula is C20H23N3O. The summed E-state index contributed by atoms with van der Waals surface area (Å²) in [6.45, 7) is 4.69. The first-order chi connectivity index (χ1) is 11.8. The molecule has 2 aromatic heterocycles. The first kappa shape index (κ1) is 15.2. The third-order valence-electron chi connectivity index (χ3n) is 4.68. The molecule has 24 heavy (non-hydrogen) atoms. The van der Waals surface area contributed by atoms with Crippen molar-refractivity contribution in [1.82, 2.24) is 15.1 Å². The molecular weight excluding hydrogens is 298 g/mol.